The molecule has 0 spiro atoms. The lowest BCUT2D eigenvalue weighted by molar-refractivity contribution is -0.140. The van der Waals surface area contributed by atoms with Crippen LogP contribution in [0.4, 0.5) is 0 Å². The smallest absolute Gasteiger partial charge is 0.250 e. The summed E-state index contributed by atoms with van der Waals surface area (Å²) in [5, 5.41) is 12.1. The molecule has 0 radical (unpaired) electrons. The van der Waals surface area contributed by atoms with E-state index in [2.05, 4.69) is 5.32 Å². The van der Waals surface area contributed by atoms with Crippen LogP contribution in [0.25, 0.3) is 0 Å². The van der Waals surface area contributed by atoms with Crippen molar-refractivity contribution < 1.29 is 23.2 Å². The molecule has 1 aromatic rings. The topological polar surface area (TPSA) is 105 Å². The third-order valence-corrected chi connectivity index (χ3v) is 6.14. The molecule has 140 valence electrons. The highest BCUT2D eigenvalue weighted by Gasteiger charge is 2.43. The Balaban J connectivity index is 2.23. The van der Waals surface area contributed by atoms with Crippen molar-refractivity contribution in [2.75, 3.05) is 18.8 Å². The molecule has 8 heteroatoms. The number of carbonyl (C=O) groups excluding carboxylic acids is 1. The van der Waals surface area contributed by atoms with Gasteiger partial charge in [0.1, 0.15) is 11.4 Å². The monoisotopic (exact) mass is 370 g/mol. The van der Waals surface area contributed by atoms with Gasteiger partial charge in [0.2, 0.25) is 0 Å². The summed E-state index contributed by atoms with van der Waals surface area (Å²) in [5.74, 6) is -0.408. The summed E-state index contributed by atoms with van der Waals surface area (Å²) in [6.45, 7) is 6.78. The van der Waals surface area contributed by atoms with Gasteiger partial charge in [-0.2, -0.15) is 0 Å². The fourth-order valence-corrected chi connectivity index (χ4v) is 4.84. The van der Waals surface area contributed by atoms with Gasteiger partial charge in [0.05, 0.1) is 16.1 Å². The highest BCUT2D eigenvalue weighted by molar-refractivity contribution is 7.91. The van der Waals surface area contributed by atoms with Crippen molar-refractivity contribution >= 4 is 15.7 Å². The molecule has 1 aliphatic heterocycles. The van der Waals surface area contributed by atoms with Gasteiger partial charge in [-0.1, -0.05) is 0 Å². The van der Waals surface area contributed by atoms with Gasteiger partial charge in [-0.25, -0.2) is 13.9 Å². The zero-order valence-corrected chi connectivity index (χ0v) is 15.6. The number of amides is 1. The van der Waals surface area contributed by atoms with Crippen LogP contribution in [-0.4, -0.2) is 44.0 Å². The maximum Gasteiger partial charge on any atom is 0.250 e. The SMILES string of the molecule is CC(C)(C)Oc1ccc(S(=O)(=O)CC2(C(=O)NO)CCNCC2)cc1. The average molecular weight is 370 g/mol. The van der Waals surface area contributed by atoms with Gasteiger partial charge in [0, 0.05) is 0 Å². The Morgan fingerprint density at radius 2 is 1.80 bits per heavy atom. The zero-order valence-electron chi connectivity index (χ0n) is 14.8. The largest absolute Gasteiger partial charge is 0.488 e. The molecule has 0 aliphatic carbocycles. The molecule has 0 bridgehead atoms. The van der Waals surface area contributed by atoms with Crippen molar-refractivity contribution in [1.82, 2.24) is 10.8 Å². The van der Waals surface area contributed by atoms with E-state index in [0.717, 1.165) is 0 Å². The van der Waals surface area contributed by atoms with Crippen molar-refractivity contribution in [3.63, 3.8) is 0 Å². The highest BCUT2D eigenvalue weighted by Crippen LogP contribution is 2.33. The van der Waals surface area contributed by atoms with E-state index >= 15 is 0 Å². The molecule has 25 heavy (non-hydrogen) atoms. The predicted molar refractivity (Wildman–Crippen MR) is 93.3 cm³/mol. The van der Waals surface area contributed by atoms with E-state index < -0.39 is 21.2 Å². The first-order valence-electron chi connectivity index (χ1n) is 8.25. The third-order valence-electron chi connectivity index (χ3n) is 4.22. The summed E-state index contributed by atoms with van der Waals surface area (Å²) in [6, 6.07) is 6.20. The molecular weight excluding hydrogens is 344 g/mol. The number of ether oxygens (including phenoxy) is 1. The molecule has 2 rings (SSSR count). The standard InChI is InChI=1S/C17H26N2O5S/c1-16(2,3)24-13-4-6-14(7-5-13)25(22,23)12-17(15(20)19-21)8-10-18-11-9-17/h4-7,18,21H,8-12H2,1-3H3,(H,19,20). The summed E-state index contributed by atoms with van der Waals surface area (Å²) < 4.78 is 31.3. The minimum atomic E-state index is -3.69. The lowest BCUT2D eigenvalue weighted by Gasteiger charge is -2.34. The van der Waals surface area contributed by atoms with Crippen LogP contribution in [0.1, 0.15) is 33.6 Å². The van der Waals surface area contributed by atoms with E-state index in [-0.39, 0.29) is 16.2 Å². The molecule has 0 atom stereocenters. The Morgan fingerprint density at radius 3 is 2.28 bits per heavy atom. The minimum Gasteiger partial charge on any atom is -0.488 e. The van der Waals surface area contributed by atoms with Crippen LogP contribution in [0, 0.1) is 5.41 Å². The maximum absolute atomic E-state index is 12.8. The molecule has 1 heterocycles. The van der Waals surface area contributed by atoms with Gasteiger partial charge in [-0.3, -0.25) is 10.0 Å². The molecule has 3 N–H and O–H groups in total. The van der Waals surface area contributed by atoms with Gasteiger partial charge in [-0.15, -0.1) is 0 Å². The fraction of sp³-hybridized carbons (Fsp3) is 0.588. The summed E-state index contributed by atoms with van der Waals surface area (Å²) in [6.07, 6.45) is 0.702. The summed E-state index contributed by atoms with van der Waals surface area (Å²) >= 11 is 0. The molecule has 1 amide bonds. The number of hydrogen-bond acceptors (Lipinski definition) is 6. The fourth-order valence-electron chi connectivity index (χ4n) is 2.98. The number of piperidine rings is 1. The van der Waals surface area contributed by atoms with Crippen LogP contribution in [0.5, 0.6) is 5.75 Å². The second-order valence-corrected chi connectivity index (χ2v) is 9.41. The first-order valence-corrected chi connectivity index (χ1v) is 9.90. The number of rotatable bonds is 5. The molecule has 7 nitrogen and oxygen atoms in total. The number of benzene rings is 1. The van der Waals surface area contributed by atoms with Crippen molar-refractivity contribution in [3.05, 3.63) is 24.3 Å². The first kappa shape index (κ1) is 19.7. The normalized spacial score (nSPS) is 17.8. The van der Waals surface area contributed by atoms with Crippen LogP contribution >= 0.6 is 0 Å². The molecule has 1 aromatic carbocycles. The van der Waals surface area contributed by atoms with E-state index in [1.807, 2.05) is 20.8 Å². The molecule has 1 aliphatic rings. The lowest BCUT2D eigenvalue weighted by atomic mass is 9.80. The summed E-state index contributed by atoms with van der Waals surface area (Å²) in [7, 11) is -3.69. The van der Waals surface area contributed by atoms with Crippen LogP contribution in [0.15, 0.2) is 29.2 Å². The van der Waals surface area contributed by atoms with Gasteiger partial charge in [0.25, 0.3) is 5.91 Å². The second kappa shape index (κ2) is 7.31. The van der Waals surface area contributed by atoms with Gasteiger partial charge in [0.15, 0.2) is 9.84 Å². The van der Waals surface area contributed by atoms with Crippen LogP contribution < -0.4 is 15.5 Å². The third kappa shape index (κ3) is 4.93. The average Bonchev–Trinajstić information content (AvgIpc) is 2.53. The van der Waals surface area contributed by atoms with Crippen molar-refractivity contribution in [1.29, 1.82) is 0 Å². The highest BCUT2D eigenvalue weighted by atomic mass is 32.2. The Morgan fingerprint density at radius 1 is 1.24 bits per heavy atom. The van der Waals surface area contributed by atoms with E-state index in [4.69, 9.17) is 9.94 Å². The Hall–Kier alpha value is -1.64. The van der Waals surface area contributed by atoms with Crippen LogP contribution in [0.3, 0.4) is 0 Å². The molecule has 1 fully saturated rings. The molecule has 0 aromatic heterocycles. The van der Waals surface area contributed by atoms with Crippen molar-refractivity contribution in [2.24, 2.45) is 5.41 Å². The van der Waals surface area contributed by atoms with E-state index in [1.54, 1.807) is 17.6 Å². The van der Waals surface area contributed by atoms with E-state index in [1.165, 1.54) is 12.1 Å². The molecule has 0 saturated carbocycles. The van der Waals surface area contributed by atoms with Crippen molar-refractivity contribution in [3.8, 4) is 5.75 Å². The zero-order chi connectivity index (χ0) is 18.7. The molecule has 0 unspecified atom stereocenters. The number of sulfone groups is 1. The Bertz CT molecular complexity index is 702. The van der Waals surface area contributed by atoms with Crippen molar-refractivity contribution in [2.45, 2.75) is 44.1 Å². The Kier molecular flexibility index (Phi) is 5.75. The first-order chi connectivity index (χ1) is 11.6. The summed E-state index contributed by atoms with van der Waals surface area (Å²) in [4.78, 5) is 12.3. The minimum absolute atomic E-state index is 0.136. The number of carbonyl (C=O) groups is 1. The van der Waals surface area contributed by atoms with E-state index in [9.17, 15) is 13.2 Å². The summed E-state index contributed by atoms with van der Waals surface area (Å²) in [5.41, 5.74) is 0.131. The lowest BCUT2D eigenvalue weighted by Crippen LogP contribution is -2.50. The quantitative estimate of drug-likeness (QED) is 0.536. The van der Waals surface area contributed by atoms with Gasteiger partial charge in [-0.05, 0) is 71.0 Å². The maximum atomic E-state index is 12.8. The second-order valence-electron chi connectivity index (χ2n) is 7.42. The predicted octanol–water partition coefficient (Wildman–Crippen LogP) is 1.51. The van der Waals surface area contributed by atoms with Gasteiger partial charge < -0.3 is 10.1 Å². The van der Waals surface area contributed by atoms with Gasteiger partial charge >= 0.3 is 0 Å². The Labute approximate surface area is 148 Å². The van der Waals surface area contributed by atoms with E-state index in [0.29, 0.717) is 31.7 Å². The number of hydrogen-bond donors (Lipinski definition) is 3. The number of hydroxylamine groups is 1. The molecule has 1 saturated heterocycles. The molecular formula is C17H26N2O5S. The number of nitrogens with one attached hydrogen (secondary N) is 2. The van der Waals surface area contributed by atoms with Crippen LogP contribution in [-0.2, 0) is 14.6 Å². The van der Waals surface area contributed by atoms with Crippen LogP contribution in [0.2, 0.25) is 0 Å².